The number of hydroxylamine groups is 1. The Morgan fingerprint density at radius 3 is 2.07 bits per heavy atom. The number of carbonyl (C=O) groups excluding carboxylic acids is 1. The van der Waals surface area contributed by atoms with Crippen LogP contribution in [0.1, 0.15) is 41.5 Å². The van der Waals surface area contributed by atoms with Gasteiger partial charge in [-0.3, -0.25) is 9.63 Å². The molecule has 15 heavy (non-hydrogen) atoms. The molecule has 1 fully saturated rings. The Labute approximate surface area is 92.5 Å². The van der Waals surface area contributed by atoms with Crippen LogP contribution < -0.4 is 5.48 Å². The molecule has 0 saturated heterocycles. The number of hydrogen-bond donors (Lipinski definition) is 1. The molecule has 0 aromatic rings. The molecule has 0 heterocycles. The smallest absolute Gasteiger partial charge is 0.247 e. The number of nitrogens with one attached hydrogen (secondary N) is 1. The second kappa shape index (κ2) is 3.78. The van der Waals surface area contributed by atoms with Crippen LogP contribution in [0.25, 0.3) is 0 Å². The molecule has 0 atom stereocenters. The van der Waals surface area contributed by atoms with Crippen molar-refractivity contribution in [2.75, 3.05) is 6.61 Å². The Kier molecular flexibility index (Phi) is 3.15. The lowest BCUT2D eigenvalue weighted by Crippen LogP contribution is -2.29. The monoisotopic (exact) mass is 213 g/mol. The Bertz CT molecular complexity index is 242. The first kappa shape index (κ1) is 12.5. The molecule has 0 bridgehead atoms. The summed E-state index contributed by atoms with van der Waals surface area (Å²) in [6, 6.07) is 0. The van der Waals surface area contributed by atoms with Crippen molar-refractivity contribution in [3.63, 3.8) is 0 Å². The first-order valence-corrected chi connectivity index (χ1v) is 5.63. The van der Waals surface area contributed by atoms with E-state index in [0.29, 0.717) is 12.5 Å². The predicted molar refractivity (Wildman–Crippen MR) is 60.0 cm³/mol. The average Bonchev–Trinajstić information content (AvgIpc) is 2.41. The van der Waals surface area contributed by atoms with E-state index in [-0.39, 0.29) is 22.7 Å². The zero-order valence-electron chi connectivity index (χ0n) is 10.7. The second-order valence-corrected chi connectivity index (χ2v) is 6.05. The minimum Gasteiger partial charge on any atom is -0.273 e. The summed E-state index contributed by atoms with van der Waals surface area (Å²) in [6.07, 6.45) is 0. The van der Waals surface area contributed by atoms with E-state index in [0.717, 1.165) is 0 Å². The van der Waals surface area contributed by atoms with Gasteiger partial charge in [-0.2, -0.15) is 0 Å². The quantitative estimate of drug-likeness (QED) is 0.728. The van der Waals surface area contributed by atoms with Gasteiger partial charge in [-0.05, 0) is 16.7 Å². The molecule has 0 spiro atoms. The highest BCUT2D eigenvalue weighted by molar-refractivity contribution is 5.83. The largest absolute Gasteiger partial charge is 0.273 e. The van der Waals surface area contributed by atoms with Crippen LogP contribution in [0.3, 0.4) is 0 Å². The van der Waals surface area contributed by atoms with E-state index < -0.39 is 0 Å². The van der Waals surface area contributed by atoms with Crippen molar-refractivity contribution in [3.05, 3.63) is 0 Å². The topological polar surface area (TPSA) is 38.3 Å². The van der Waals surface area contributed by atoms with Gasteiger partial charge >= 0.3 is 0 Å². The van der Waals surface area contributed by atoms with Crippen molar-refractivity contribution in [1.82, 2.24) is 5.48 Å². The molecule has 1 aliphatic rings. The lowest BCUT2D eigenvalue weighted by molar-refractivity contribution is -0.137. The molecule has 88 valence electrons. The van der Waals surface area contributed by atoms with E-state index in [1.165, 1.54) is 0 Å². The molecule has 1 amide bonds. The average molecular weight is 213 g/mol. The van der Waals surface area contributed by atoms with E-state index in [9.17, 15) is 4.79 Å². The maximum absolute atomic E-state index is 11.8. The molecule has 1 aliphatic carbocycles. The van der Waals surface area contributed by atoms with E-state index in [2.05, 4.69) is 47.0 Å². The van der Waals surface area contributed by atoms with Gasteiger partial charge in [0.1, 0.15) is 0 Å². The van der Waals surface area contributed by atoms with Gasteiger partial charge in [0.2, 0.25) is 5.91 Å². The number of carbonyl (C=O) groups is 1. The van der Waals surface area contributed by atoms with Crippen LogP contribution in [-0.2, 0) is 9.63 Å². The minimum absolute atomic E-state index is 0.0191. The summed E-state index contributed by atoms with van der Waals surface area (Å²) in [6.45, 7) is 13.2. The molecular weight excluding hydrogens is 190 g/mol. The summed E-state index contributed by atoms with van der Waals surface area (Å²) in [7, 11) is 0. The summed E-state index contributed by atoms with van der Waals surface area (Å²) in [5.41, 5.74) is 2.71. The van der Waals surface area contributed by atoms with Crippen LogP contribution in [-0.4, -0.2) is 12.5 Å². The molecule has 1 saturated carbocycles. The van der Waals surface area contributed by atoms with Crippen molar-refractivity contribution in [2.45, 2.75) is 41.5 Å². The fraction of sp³-hybridized carbons (Fsp3) is 0.917. The molecule has 3 heteroatoms. The third kappa shape index (κ3) is 2.17. The first-order chi connectivity index (χ1) is 6.71. The molecular formula is C12H23NO2. The van der Waals surface area contributed by atoms with Gasteiger partial charge in [-0.1, -0.05) is 41.5 Å². The van der Waals surface area contributed by atoms with Crippen LogP contribution in [0.2, 0.25) is 0 Å². The zero-order chi connectivity index (χ0) is 11.9. The maximum atomic E-state index is 11.8. The van der Waals surface area contributed by atoms with Gasteiger partial charge in [0.05, 0.1) is 12.5 Å². The van der Waals surface area contributed by atoms with Crippen LogP contribution in [0.5, 0.6) is 0 Å². The normalized spacial score (nSPS) is 22.9. The van der Waals surface area contributed by atoms with Gasteiger partial charge in [0.25, 0.3) is 0 Å². The Morgan fingerprint density at radius 2 is 1.73 bits per heavy atom. The van der Waals surface area contributed by atoms with Gasteiger partial charge in [-0.25, -0.2) is 5.48 Å². The van der Waals surface area contributed by atoms with Crippen molar-refractivity contribution < 1.29 is 9.63 Å². The van der Waals surface area contributed by atoms with Crippen molar-refractivity contribution in [2.24, 2.45) is 22.7 Å². The highest BCUT2D eigenvalue weighted by Crippen LogP contribution is 2.68. The summed E-state index contributed by atoms with van der Waals surface area (Å²) in [4.78, 5) is 16.9. The first-order valence-electron chi connectivity index (χ1n) is 5.63. The maximum Gasteiger partial charge on any atom is 0.247 e. The van der Waals surface area contributed by atoms with Gasteiger partial charge in [-0.15, -0.1) is 0 Å². The molecule has 3 nitrogen and oxygen atoms in total. The lowest BCUT2D eigenvalue weighted by Gasteiger charge is -2.08. The summed E-state index contributed by atoms with van der Waals surface area (Å²) < 4.78 is 0. The molecule has 1 N–H and O–H groups in total. The third-order valence-corrected chi connectivity index (χ3v) is 3.87. The van der Waals surface area contributed by atoms with Crippen LogP contribution in [0.4, 0.5) is 0 Å². The fourth-order valence-corrected chi connectivity index (χ4v) is 2.19. The number of hydrogen-bond acceptors (Lipinski definition) is 2. The Hall–Kier alpha value is -0.570. The molecule has 0 aliphatic heterocycles. The molecule has 0 radical (unpaired) electrons. The highest BCUT2D eigenvalue weighted by atomic mass is 16.7. The lowest BCUT2D eigenvalue weighted by atomic mass is 10.0. The van der Waals surface area contributed by atoms with Crippen LogP contribution in [0.15, 0.2) is 0 Å². The highest BCUT2D eigenvalue weighted by Gasteiger charge is 2.68. The minimum atomic E-state index is 0.0191. The number of amides is 1. The molecule has 0 unspecified atom stereocenters. The molecule has 0 aromatic heterocycles. The van der Waals surface area contributed by atoms with Gasteiger partial charge in [0.15, 0.2) is 0 Å². The summed E-state index contributed by atoms with van der Waals surface area (Å²) in [5.74, 6) is 0.522. The van der Waals surface area contributed by atoms with Gasteiger partial charge < -0.3 is 0 Å². The van der Waals surface area contributed by atoms with E-state index in [4.69, 9.17) is 4.84 Å². The summed E-state index contributed by atoms with van der Waals surface area (Å²) >= 11 is 0. The SMILES string of the molecule is CC(C)CONC(=O)C1C(C)(C)C1(C)C. The molecule has 1 rings (SSSR count). The second-order valence-electron chi connectivity index (χ2n) is 6.05. The van der Waals surface area contributed by atoms with Gasteiger partial charge in [0, 0.05) is 0 Å². The van der Waals surface area contributed by atoms with Crippen LogP contribution in [0, 0.1) is 22.7 Å². The summed E-state index contributed by atoms with van der Waals surface area (Å²) in [5, 5.41) is 0. The molecule has 0 aromatic carbocycles. The van der Waals surface area contributed by atoms with Crippen LogP contribution >= 0.6 is 0 Å². The van der Waals surface area contributed by atoms with E-state index in [1.54, 1.807) is 0 Å². The zero-order valence-corrected chi connectivity index (χ0v) is 10.7. The predicted octanol–water partition coefficient (Wildman–Crippen LogP) is 2.37. The standard InChI is InChI=1S/C12H23NO2/c1-8(2)7-15-13-10(14)9-11(3,4)12(9,5)6/h8-9H,7H2,1-6H3,(H,13,14). The van der Waals surface area contributed by atoms with E-state index >= 15 is 0 Å². The number of rotatable bonds is 4. The van der Waals surface area contributed by atoms with Crippen molar-refractivity contribution in [3.8, 4) is 0 Å². The van der Waals surface area contributed by atoms with Crippen molar-refractivity contribution >= 4 is 5.91 Å². The third-order valence-electron chi connectivity index (χ3n) is 3.87. The Balaban J connectivity index is 2.38. The van der Waals surface area contributed by atoms with Crippen molar-refractivity contribution in [1.29, 1.82) is 0 Å². The fourth-order valence-electron chi connectivity index (χ4n) is 2.19. The van der Waals surface area contributed by atoms with E-state index in [1.807, 2.05) is 0 Å². The Morgan fingerprint density at radius 1 is 1.27 bits per heavy atom.